The van der Waals surface area contributed by atoms with Gasteiger partial charge in [0.25, 0.3) is 5.91 Å². The average Bonchev–Trinajstić information content (AvgIpc) is 3.01. The Morgan fingerprint density at radius 2 is 2.30 bits per heavy atom. The predicted octanol–water partition coefficient (Wildman–Crippen LogP) is 2.29. The highest BCUT2D eigenvalue weighted by atomic mass is 79.9. The van der Waals surface area contributed by atoms with E-state index in [1.54, 1.807) is 6.07 Å². The maximum absolute atomic E-state index is 13.4. The molecule has 1 aliphatic rings. The van der Waals surface area contributed by atoms with Crippen LogP contribution in [0, 0.1) is 5.82 Å². The summed E-state index contributed by atoms with van der Waals surface area (Å²) in [6, 6.07) is 2.84. The van der Waals surface area contributed by atoms with E-state index in [4.69, 9.17) is 0 Å². The first-order valence-corrected chi connectivity index (χ1v) is 6.81. The number of oxazole rings is 1. The van der Waals surface area contributed by atoms with E-state index < -0.39 is 11.7 Å². The minimum atomic E-state index is -0.674. The Morgan fingerprint density at radius 1 is 1.50 bits per heavy atom. The molecule has 1 aromatic heterocycles. The molecule has 104 valence electrons. The van der Waals surface area contributed by atoms with Crippen molar-refractivity contribution in [2.45, 2.75) is 18.9 Å². The van der Waals surface area contributed by atoms with Crippen molar-refractivity contribution in [2.24, 2.45) is 0 Å². The molecule has 20 heavy (non-hydrogen) atoms. The second kappa shape index (κ2) is 4.90. The lowest BCUT2D eigenvalue weighted by Crippen LogP contribution is -2.27. The minimum absolute atomic E-state index is 0.0737. The van der Waals surface area contributed by atoms with Crippen LogP contribution in [0.3, 0.4) is 0 Å². The number of hydrogen-bond acceptors (Lipinski definition) is 3. The molecule has 5 nitrogen and oxygen atoms in total. The molecule has 7 heteroatoms. The standard InChI is InChI=1S/C13H10BrFN2O3/c14-11-7-2-4-9(6(7)1-3-8(11)15)16-12(18)10-5-20-13(19)17-10/h1,3,5,9H,2,4H2,(H,16,18)(H,17,19). The highest BCUT2D eigenvalue weighted by molar-refractivity contribution is 9.10. The molecule has 1 heterocycles. The van der Waals surface area contributed by atoms with E-state index in [0.29, 0.717) is 17.3 Å². The molecule has 0 aliphatic heterocycles. The molecular formula is C13H10BrFN2O3. The number of hydrogen-bond donors (Lipinski definition) is 2. The summed E-state index contributed by atoms with van der Waals surface area (Å²) in [5, 5.41) is 2.80. The Kier molecular flexibility index (Phi) is 3.21. The summed E-state index contributed by atoms with van der Waals surface area (Å²) in [7, 11) is 0. The third-order valence-electron chi connectivity index (χ3n) is 3.36. The monoisotopic (exact) mass is 340 g/mol. The fraction of sp³-hybridized carbons (Fsp3) is 0.231. The SMILES string of the molecule is O=C(NC1CCc2c1ccc(F)c2Br)c1coc(=O)[nH]1. The smallest absolute Gasteiger partial charge is 0.416 e. The Hall–Kier alpha value is -1.89. The van der Waals surface area contributed by atoms with Crippen molar-refractivity contribution < 1.29 is 13.6 Å². The average molecular weight is 341 g/mol. The van der Waals surface area contributed by atoms with Crippen LogP contribution in [0.2, 0.25) is 0 Å². The number of fused-ring (bicyclic) bond motifs is 1. The van der Waals surface area contributed by atoms with Gasteiger partial charge in [0.05, 0.1) is 10.5 Å². The van der Waals surface area contributed by atoms with E-state index in [0.717, 1.165) is 17.4 Å². The fourth-order valence-electron chi connectivity index (χ4n) is 2.41. The van der Waals surface area contributed by atoms with E-state index in [9.17, 15) is 14.0 Å². The normalized spacial score (nSPS) is 17.0. The summed E-state index contributed by atoms with van der Waals surface area (Å²) in [5.74, 6) is -1.41. The second-order valence-electron chi connectivity index (χ2n) is 4.56. The molecule has 3 rings (SSSR count). The third-order valence-corrected chi connectivity index (χ3v) is 4.22. The molecule has 1 unspecified atom stereocenters. The molecule has 0 fully saturated rings. The van der Waals surface area contributed by atoms with E-state index >= 15 is 0 Å². The zero-order valence-electron chi connectivity index (χ0n) is 10.2. The topological polar surface area (TPSA) is 75.1 Å². The number of nitrogens with one attached hydrogen (secondary N) is 2. The summed E-state index contributed by atoms with van der Waals surface area (Å²) in [5.41, 5.74) is 1.83. The van der Waals surface area contributed by atoms with Gasteiger partial charge < -0.3 is 9.73 Å². The first-order chi connectivity index (χ1) is 9.56. The molecule has 1 aliphatic carbocycles. The molecule has 0 saturated carbocycles. The highest BCUT2D eigenvalue weighted by Gasteiger charge is 2.27. The number of amides is 1. The van der Waals surface area contributed by atoms with Crippen LogP contribution in [0.25, 0.3) is 0 Å². The van der Waals surface area contributed by atoms with Gasteiger partial charge in [0, 0.05) is 0 Å². The van der Waals surface area contributed by atoms with Gasteiger partial charge in [0.2, 0.25) is 0 Å². The van der Waals surface area contributed by atoms with Crippen LogP contribution in [0.15, 0.2) is 32.1 Å². The Balaban J connectivity index is 1.84. The largest absolute Gasteiger partial charge is 0.416 e. The van der Waals surface area contributed by atoms with Crippen molar-refractivity contribution in [1.29, 1.82) is 0 Å². The number of rotatable bonds is 2. The number of benzene rings is 1. The van der Waals surface area contributed by atoms with Gasteiger partial charge >= 0.3 is 5.76 Å². The molecule has 0 bridgehead atoms. The zero-order chi connectivity index (χ0) is 14.3. The summed E-state index contributed by atoms with van der Waals surface area (Å²) in [6.45, 7) is 0. The number of aromatic nitrogens is 1. The Labute approximate surface area is 121 Å². The van der Waals surface area contributed by atoms with Crippen LogP contribution in [0.1, 0.15) is 34.1 Å². The minimum Gasteiger partial charge on any atom is -0.416 e. The predicted molar refractivity (Wildman–Crippen MR) is 72.0 cm³/mol. The van der Waals surface area contributed by atoms with Crippen molar-refractivity contribution in [3.05, 3.63) is 56.1 Å². The van der Waals surface area contributed by atoms with Gasteiger partial charge in [-0.1, -0.05) is 6.07 Å². The van der Waals surface area contributed by atoms with Crippen LogP contribution in [0.5, 0.6) is 0 Å². The van der Waals surface area contributed by atoms with E-state index in [-0.39, 0.29) is 17.6 Å². The van der Waals surface area contributed by atoms with Crippen molar-refractivity contribution in [3.8, 4) is 0 Å². The Bertz CT molecular complexity index is 737. The first-order valence-electron chi connectivity index (χ1n) is 6.01. The molecule has 0 radical (unpaired) electrons. The van der Waals surface area contributed by atoms with Crippen LogP contribution >= 0.6 is 15.9 Å². The van der Waals surface area contributed by atoms with Gasteiger partial charge in [-0.2, -0.15) is 0 Å². The van der Waals surface area contributed by atoms with Crippen molar-refractivity contribution in [1.82, 2.24) is 10.3 Å². The van der Waals surface area contributed by atoms with E-state index in [2.05, 4.69) is 30.6 Å². The number of halogens is 2. The molecule has 2 N–H and O–H groups in total. The lowest BCUT2D eigenvalue weighted by atomic mass is 10.1. The number of aromatic amines is 1. The van der Waals surface area contributed by atoms with Gasteiger partial charge in [-0.25, -0.2) is 9.18 Å². The van der Waals surface area contributed by atoms with Gasteiger partial charge in [-0.15, -0.1) is 0 Å². The van der Waals surface area contributed by atoms with E-state index in [1.165, 1.54) is 6.07 Å². The quantitative estimate of drug-likeness (QED) is 0.880. The molecule has 0 spiro atoms. The lowest BCUT2D eigenvalue weighted by Gasteiger charge is -2.13. The third kappa shape index (κ3) is 2.18. The molecule has 1 aromatic carbocycles. The van der Waals surface area contributed by atoms with Crippen LogP contribution in [-0.4, -0.2) is 10.9 Å². The van der Waals surface area contributed by atoms with Crippen LogP contribution in [-0.2, 0) is 6.42 Å². The van der Waals surface area contributed by atoms with Crippen molar-refractivity contribution >= 4 is 21.8 Å². The Morgan fingerprint density at radius 3 is 3.00 bits per heavy atom. The van der Waals surface area contributed by atoms with Gasteiger partial charge in [-0.05, 0) is 46.0 Å². The van der Waals surface area contributed by atoms with E-state index in [1.807, 2.05) is 0 Å². The van der Waals surface area contributed by atoms with Crippen LogP contribution in [0.4, 0.5) is 4.39 Å². The summed E-state index contributed by atoms with van der Waals surface area (Å²) in [6.07, 6.45) is 2.44. The molecular weight excluding hydrogens is 331 g/mol. The summed E-state index contributed by atoms with van der Waals surface area (Å²) < 4.78 is 18.4. The zero-order valence-corrected chi connectivity index (χ0v) is 11.8. The summed E-state index contributed by atoms with van der Waals surface area (Å²) in [4.78, 5) is 25.1. The fourth-order valence-corrected chi connectivity index (χ4v) is 2.97. The van der Waals surface area contributed by atoms with Crippen molar-refractivity contribution in [2.75, 3.05) is 0 Å². The number of carbonyl (C=O) groups excluding carboxylic acids is 1. The molecule has 2 aromatic rings. The number of H-pyrrole nitrogens is 1. The number of carbonyl (C=O) groups is 1. The van der Waals surface area contributed by atoms with Crippen molar-refractivity contribution in [3.63, 3.8) is 0 Å². The first kappa shape index (κ1) is 13.1. The molecule has 1 atom stereocenters. The van der Waals surface area contributed by atoms with Gasteiger partial charge in [0.1, 0.15) is 17.8 Å². The highest BCUT2D eigenvalue weighted by Crippen LogP contribution is 2.37. The molecule has 1 amide bonds. The maximum atomic E-state index is 13.4. The van der Waals surface area contributed by atoms with Crippen LogP contribution < -0.4 is 11.1 Å². The maximum Gasteiger partial charge on any atom is 0.416 e. The van der Waals surface area contributed by atoms with Gasteiger partial charge in [0.15, 0.2) is 0 Å². The lowest BCUT2D eigenvalue weighted by molar-refractivity contribution is 0.0931. The summed E-state index contributed by atoms with van der Waals surface area (Å²) >= 11 is 3.22. The molecule has 0 saturated heterocycles. The van der Waals surface area contributed by atoms with Gasteiger partial charge in [-0.3, -0.25) is 9.78 Å². The second-order valence-corrected chi connectivity index (χ2v) is 5.35.